The molecule has 5 aromatic rings. The highest BCUT2D eigenvalue weighted by Crippen LogP contribution is 2.34. The summed E-state index contributed by atoms with van der Waals surface area (Å²) < 4.78 is 34.4. The molecule has 0 saturated carbocycles. The second-order valence-corrected chi connectivity index (χ2v) is 11.4. The van der Waals surface area contributed by atoms with Crippen molar-refractivity contribution in [2.24, 2.45) is 4.99 Å². The smallest absolute Gasteiger partial charge is 0.304 e. The standard InChI is InChI=1S/C32H24Cl2N2O3S/c33-26-16-12-24(13-17-26)30-20-11-23(21-31(30)25-14-18-27(34)19-15-25)22-35-32(39-28-7-3-1-4-8-28)36-40(37,38)29-9-5-2-6-10-29/h1-21H,22H2,(H,35,36). The molecule has 0 unspecified atom stereocenters. The Balaban J connectivity index is 1.50. The van der Waals surface area contributed by atoms with Crippen molar-refractivity contribution in [3.63, 3.8) is 0 Å². The van der Waals surface area contributed by atoms with E-state index in [4.69, 9.17) is 27.9 Å². The number of ether oxygens (including phenoxy) is 1. The summed E-state index contributed by atoms with van der Waals surface area (Å²) in [6, 6.07) is 38.1. The fourth-order valence-electron chi connectivity index (χ4n) is 4.06. The lowest BCUT2D eigenvalue weighted by atomic mass is 9.93. The van der Waals surface area contributed by atoms with E-state index < -0.39 is 10.0 Å². The van der Waals surface area contributed by atoms with Gasteiger partial charge >= 0.3 is 6.02 Å². The summed E-state index contributed by atoms with van der Waals surface area (Å²) >= 11 is 12.3. The average molecular weight is 588 g/mol. The van der Waals surface area contributed by atoms with E-state index >= 15 is 0 Å². The van der Waals surface area contributed by atoms with Gasteiger partial charge < -0.3 is 4.74 Å². The molecule has 0 aliphatic heterocycles. The van der Waals surface area contributed by atoms with E-state index in [1.165, 1.54) is 12.1 Å². The van der Waals surface area contributed by atoms with Crippen molar-refractivity contribution < 1.29 is 13.2 Å². The summed E-state index contributed by atoms with van der Waals surface area (Å²) in [4.78, 5) is 4.64. The molecule has 40 heavy (non-hydrogen) atoms. The zero-order chi connectivity index (χ0) is 28.0. The maximum atomic E-state index is 13.0. The molecule has 0 atom stereocenters. The van der Waals surface area contributed by atoms with E-state index in [0.717, 1.165) is 27.8 Å². The fraction of sp³-hybridized carbons (Fsp3) is 0.0312. The summed E-state index contributed by atoms with van der Waals surface area (Å²) in [5.74, 6) is 0.456. The molecule has 0 radical (unpaired) electrons. The second-order valence-electron chi connectivity index (χ2n) is 8.85. The van der Waals surface area contributed by atoms with Crippen molar-refractivity contribution in [2.45, 2.75) is 11.4 Å². The molecule has 0 spiro atoms. The number of hydrogen-bond acceptors (Lipinski definition) is 4. The first-order chi connectivity index (χ1) is 19.4. The highest BCUT2D eigenvalue weighted by atomic mass is 35.5. The minimum atomic E-state index is -3.91. The third-order valence-corrected chi connectivity index (χ3v) is 7.87. The molecule has 5 aromatic carbocycles. The SMILES string of the molecule is O=S(=O)(NC(=NCc1ccc(-c2ccc(Cl)cc2)c(-c2ccc(Cl)cc2)c1)Oc1ccccc1)c1ccccc1. The van der Waals surface area contributed by atoms with Crippen molar-refractivity contribution in [3.05, 3.63) is 143 Å². The van der Waals surface area contributed by atoms with Crippen molar-refractivity contribution >= 4 is 39.2 Å². The molecule has 0 heterocycles. The van der Waals surface area contributed by atoms with E-state index in [1.807, 2.05) is 72.8 Å². The largest absolute Gasteiger partial charge is 0.425 e. The van der Waals surface area contributed by atoms with Crippen LogP contribution in [0.15, 0.2) is 137 Å². The number of halogens is 2. The van der Waals surface area contributed by atoms with Gasteiger partial charge in [0.2, 0.25) is 0 Å². The predicted molar refractivity (Wildman–Crippen MR) is 162 cm³/mol. The Morgan fingerprint density at radius 3 is 1.82 bits per heavy atom. The quantitative estimate of drug-likeness (QED) is 0.154. The summed E-state index contributed by atoms with van der Waals surface area (Å²) in [6.07, 6.45) is 0. The Hall–Kier alpha value is -4.10. The van der Waals surface area contributed by atoms with Gasteiger partial charge in [0.05, 0.1) is 11.4 Å². The van der Waals surface area contributed by atoms with Gasteiger partial charge in [-0.1, -0.05) is 96.0 Å². The fourth-order valence-corrected chi connectivity index (χ4v) is 5.28. The number of benzene rings is 5. The van der Waals surface area contributed by atoms with Gasteiger partial charge in [-0.25, -0.2) is 18.1 Å². The van der Waals surface area contributed by atoms with E-state index in [-0.39, 0.29) is 17.5 Å². The molecular weight excluding hydrogens is 563 g/mol. The molecule has 200 valence electrons. The van der Waals surface area contributed by atoms with Crippen molar-refractivity contribution in [1.82, 2.24) is 4.72 Å². The van der Waals surface area contributed by atoms with Crippen LogP contribution in [0.3, 0.4) is 0 Å². The zero-order valence-corrected chi connectivity index (χ0v) is 23.5. The molecule has 1 N–H and O–H groups in total. The minimum absolute atomic E-state index is 0.108. The Morgan fingerprint density at radius 1 is 0.675 bits per heavy atom. The topological polar surface area (TPSA) is 67.8 Å². The van der Waals surface area contributed by atoms with Gasteiger partial charge in [0, 0.05) is 10.0 Å². The molecule has 5 nitrogen and oxygen atoms in total. The first-order valence-electron chi connectivity index (χ1n) is 12.4. The molecule has 0 bridgehead atoms. The number of rotatable bonds is 7. The van der Waals surface area contributed by atoms with Crippen LogP contribution in [-0.4, -0.2) is 14.4 Å². The summed E-state index contributed by atoms with van der Waals surface area (Å²) in [6.45, 7) is 0.168. The van der Waals surface area contributed by atoms with Gasteiger partial charge in [0.15, 0.2) is 0 Å². The van der Waals surface area contributed by atoms with Crippen LogP contribution in [0.2, 0.25) is 10.0 Å². The predicted octanol–water partition coefficient (Wildman–Crippen LogP) is 8.24. The molecule has 0 aromatic heterocycles. The third-order valence-electron chi connectivity index (χ3n) is 6.03. The first-order valence-corrected chi connectivity index (χ1v) is 14.6. The van der Waals surface area contributed by atoms with E-state index in [9.17, 15) is 8.42 Å². The van der Waals surface area contributed by atoms with Crippen LogP contribution < -0.4 is 9.46 Å². The van der Waals surface area contributed by atoms with Gasteiger partial charge in [-0.2, -0.15) is 0 Å². The van der Waals surface area contributed by atoms with Crippen molar-refractivity contribution in [2.75, 3.05) is 0 Å². The van der Waals surface area contributed by atoms with Crippen molar-refractivity contribution in [1.29, 1.82) is 0 Å². The van der Waals surface area contributed by atoms with Crippen molar-refractivity contribution in [3.8, 4) is 28.0 Å². The van der Waals surface area contributed by atoms with Gasteiger partial charge in [-0.05, 0) is 82.4 Å². The Bertz CT molecular complexity index is 1730. The lowest BCUT2D eigenvalue weighted by Gasteiger charge is -2.14. The first kappa shape index (κ1) is 27.5. The zero-order valence-electron chi connectivity index (χ0n) is 21.2. The van der Waals surface area contributed by atoms with Crippen LogP contribution in [0.5, 0.6) is 5.75 Å². The van der Waals surface area contributed by atoms with E-state index in [2.05, 4.69) is 9.71 Å². The second kappa shape index (κ2) is 12.4. The lowest BCUT2D eigenvalue weighted by Crippen LogP contribution is -2.34. The molecule has 0 saturated heterocycles. The van der Waals surface area contributed by atoms with Crippen LogP contribution in [0.4, 0.5) is 0 Å². The van der Waals surface area contributed by atoms with E-state index in [1.54, 1.807) is 42.5 Å². The Morgan fingerprint density at radius 2 is 1.23 bits per heavy atom. The molecule has 5 rings (SSSR count). The normalized spacial score (nSPS) is 11.7. The Kier molecular flexibility index (Phi) is 8.51. The number of hydrogen-bond donors (Lipinski definition) is 1. The molecule has 0 aliphatic carbocycles. The number of sulfonamides is 1. The van der Waals surface area contributed by atoms with Crippen LogP contribution in [0, 0.1) is 0 Å². The number of amidine groups is 1. The number of nitrogens with zero attached hydrogens (tertiary/aromatic N) is 1. The molecular formula is C32H24Cl2N2O3S. The highest BCUT2D eigenvalue weighted by Gasteiger charge is 2.18. The molecule has 0 aliphatic rings. The third kappa shape index (κ3) is 6.90. The van der Waals surface area contributed by atoms with Gasteiger partial charge in [0.25, 0.3) is 10.0 Å². The highest BCUT2D eigenvalue weighted by molar-refractivity contribution is 7.90. The Labute approximate surface area is 243 Å². The monoisotopic (exact) mass is 586 g/mol. The van der Waals surface area contributed by atoms with Crippen LogP contribution >= 0.6 is 23.2 Å². The molecule has 0 amide bonds. The van der Waals surface area contributed by atoms with Gasteiger partial charge in [-0.3, -0.25) is 0 Å². The average Bonchev–Trinajstić information content (AvgIpc) is 2.97. The molecule has 0 fully saturated rings. The van der Waals surface area contributed by atoms with Crippen LogP contribution in [-0.2, 0) is 16.6 Å². The number of nitrogens with one attached hydrogen (secondary N) is 1. The maximum absolute atomic E-state index is 13.0. The maximum Gasteiger partial charge on any atom is 0.304 e. The molecule has 8 heteroatoms. The summed E-state index contributed by atoms with van der Waals surface area (Å²) in [5.41, 5.74) is 4.83. The van der Waals surface area contributed by atoms with Crippen LogP contribution in [0.25, 0.3) is 22.3 Å². The summed E-state index contributed by atoms with van der Waals surface area (Å²) in [5, 5.41) is 1.30. The van der Waals surface area contributed by atoms with Crippen LogP contribution in [0.1, 0.15) is 5.56 Å². The lowest BCUT2D eigenvalue weighted by molar-refractivity contribution is 0.522. The van der Waals surface area contributed by atoms with Gasteiger partial charge in [-0.15, -0.1) is 0 Å². The van der Waals surface area contributed by atoms with E-state index in [0.29, 0.717) is 15.8 Å². The minimum Gasteiger partial charge on any atom is -0.425 e. The number of aliphatic imine (C=N–C) groups is 1. The summed E-state index contributed by atoms with van der Waals surface area (Å²) in [7, 11) is -3.91. The van der Waals surface area contributed by atoms with Gasteiger partial charge in [0.1, 0.15) is 5.75 Å². The number of para-hydroxylation sites is 1.